The lowest BCUT2D eigenvalue weighted by atomic mass is 9.80. The van der Waals surface area contributed by atoms with Crippen LogP contribution in [0.2, 0.25) is 0 Å². The van der Waals surface area contributed by atoms with Crippen LogP contribution in [-0.4, -0.2) is 14.9 Å². The molecule has 108 valence electrons. The Morgan fingerprint density at radius 1 is 1.05 bits per heavy atom. The fraction of sp³-hybridized carbons (Fsp3) is 0.385. The van der Waals surface area contributed by atoms with Gasteiger partial charge in [0.05, 0.1) is 23.9 Å². The summed E-state index contributed by atoms with van der Waals surface area (Å²) in [6.45, 7) is 0. The van der Waals surface area contributed by atoms with Crippen molar-refractivity contribution in [2.24, 2.45) is 5.41 Å². The van der Waals surface area contributed by atoms with Crippen molar-refractivity contribution >= 4 is 22.8 Å². The van der Waals surface area contributed by atoms with Crippen LogP contribution in [0.3, 0.4) is 0 Å². The number of fused-ring (bicyclic) bond motifs is 1. The molecule has 1 heterocycles. The highest BCUT2D eigenvalue weighted by molar-refractivity contribution is 7.00. The zero-order valence-corrected chi connectivity index (χ0v) is 11.5. The van der Waals surface area contributed by atoms with E-state index in [2.05, 4.69) is 8.75 Å². The first-order valence-electron chi connectivity index (χ1n) is 5.98. The molecule has 0 aliphatic heterocycles. The maximum atomic E-state index is 12.3. The summed E-state index contributed by atoms with van der Waals surface area (Å²) in [5, 5.41) is 18.3. The number of nitriles is 2. The van der Waals surface area contributed by atoms with Gasteiger partial charge in [-0.05, 0) is 24.1 Å². The van der Waals surface area contributed by atoms with E-state index < -0.39 is 24.4 Å². The van der Waals surface area contributed by atoms with Crippen molar-refractivity contribution in [1.82, 2.24) is 8.75 Å². The molecule has 0 fully saturated rings. The van der Waals surface area contributed by atoms with Crippen LogP contribution in [0.25, 0.3) is 11.0 Å². The van der Waals surface area contributed by atoms with E-state index >= 15 is 0 Å². The van der Waals surface area contributed by atoms with Gasteiger partial charge in [0.15, 0.2) is 0 Å². The van der Waals surface area contributed by atoms with Gasteiger partial charge >= 0.3 is 6.18 Å². The molecule has 0 radical (unpaired) electrons. The van der Waals surface area contributed by atoms with Crippen LogP contribution in [0.1, 0.15) is 18.4 Å². The Morgan fingerprint density at radius 3 is 2.33 bits per heavy atom. The molecule has 1 aromatic carbocycles. The summed E-state index contributed by atoms with van der Waals surface area (Å²) in [6.07, 6.45) is -6.16. The molecule has 0 saturated heterocycles. The molecule has 0 spiro atoms. The second kappa shape index (κ2) is 5.66. The Balaban J connectivity index is 2.23. The third-order valence-corrected chi connectivity index (χ3v) is 3.64. The quantitative estimate of drug-likeness (QED) is 0.864. The number of benzene rings is 1. The molecule has 21 heavy (non-hydrogen) atoms. The summed E-state index contributed by atoms with van der Waals surface area (Å²) in [5.41, 5.74) is 0.198. The van der Waals surface area contributed by atoms with E-state index in [9.17, 15) is 13.2 Å². The Kier molecular flexibility index (Phi) is 4.10. The zero-order chi connectivity index (χ0) is 15.5. The SMILES string of the molecule is N#CC(C#N)(CCC(F)(F)F)Cc1ccc2nsnc2c1. The van der Waals surface area contributed by atoms with Crippen molar-refractivity contribution in [3.05, 3.63) is 23.8 Å². The third kappa shape index (κ3) is 3.67. The first-order valence-corrected chi connectivity index (χ1v) is 6.71. The molecule has 0 unspecified atom stereocenters. The minimum atomic E-state index is -4.39. The summed E-state index contributed by atoms with van der Waals surface area (Å²) >= 11 is 1.03. The molecular formula is C13H9F3N4S. The molecule has 2 rings (SSSR count). The number of nitrogens with zero attached hydrogens (tertiary/aromatic N) is 4. The molecular weight excluding hydrogens is 301 g/mol. The normalized spacial score (nSPS) is 12.0. The van der Waals surface area contributed by atoms with Crippen molar-refractivity contribution in [2.75, 3.05) is 0 Å². The third-order valence-electron chi connectivity index (χ3n) is 3.09. The Hall–Kier alpha value is -2.19. The fourth-order valence-corrected chi connectivity index (χ4v) is 2.46. The van der Waals surface area contributed by atoms with E-state index in [1.807, 2.05) is 0 Å². The van der Waals surface area contributed by atoms with E-state index in [1.165, 1.54) is 0 Å². The zero-order valence-electron chi connectivity index (χ0n) is 10.7. The highest BCUT2D eigenvalue weighted by atomic mass is 32.1. The highest BCUT2D eigenvalue weighted by Crippen LogP contribution is 2.33. The summed E-state index contributed by atoms with van der Waals surface area (Å²) in [7, 11) is 0. The van der Waals surface area contributed by atoms with Crippen molar-refractivity contribution in [1.29, 1.82) is 10.5 Å². The number of alkyl halides is 3. The summed E-state index contributed by atoms with van der Waals surface area (Å²) in [5.74, 6) is 0. The second-order valence-electron chi connectivity index (χ2n) is 4.68. The summed E-state index contributed by atoms with van der Waals surface area (Å²) < 4.78 is 45.0. The number of rotatable bonds is 4. The molecule has 0 aliphatic rings. The average molecular weight is 310 g/mol. The van der Waals surface area contributed by atoms with E-state index in [0.717, 1.165) is 11.7 Å². The van der Waals surface area contributed by atoms with Crippen LogP contribution in [-0.2, 0) is 6.42 Å². The van der Waals surface area contributed by atoms with Crippen LogP contribution in [0.15, 0.2) is 18.2 Å². The maximum absolute atomic E-state index is 12.3. The largest absolute Gasteiger partial charge is 0.389 e. The number of halogens is 3. The van der Waals surface area contributed by atoms with Gasteiger partial charge in [-0.15, -0.1) is 0 Å². The van der Waals surface area contributed by atoms with Gasteiger partial charge in [-0.25, -0.2) is 0 Å². The molecule has 0 saturated carbocycles. The van der Waals surface area contributed by atoms with E-state index in [0.29, 0.717) is 16.6 Å². The van der Waals surface area contributed by atoms with Crippen LogP contribution < -0.4 is 0 Å². The van der Waals surface area contributed by atoms with Gasteiger partial charge in [0, 0.05) is 12.8 Å². The standard InChI is InChI=1S/C13H9F3N4S/c14-13(15,16)4-3-12(7-17,8-18)6-9-1-2-10-11(5-9)20-21-19-10/h1-2,5H,3-4,6H2. The Bertz CT molecular complexity index is 709. The van der Waals surface area contributed by atoms with Gasteiger partial charge in [-0.3, -0.25) is 0 Å². The van der Waals surface area contributed by atoms with E-state index in [-0.39, 0.29) is 6.42 Å². The fourth-order valence-electron chi connectivity index (χ4n) is 1.95. The van der Waals surface area contributed by atoms with Gasteiger partial charge in [-0.1, -0.05) is 6.07 Å². The Morgan fingerprint density at radius 2 is 1.71 bits per heavy atom. The van der Waals surface area contributed by atoms with Crippen LogP contribution in [0.5, 0.6) is 0 Å². The van der Waals surface area contributed by atoms with Crippen LogP contribution in [0, 0.1) is 28.1 Å². The predicted octanol–water partition coefficient (Wildman–Crippen LogP) is 3.61. The van der Waals surface area contributed by atoms with Gasteiger partial charge in [0.1, 0.15) is 16.4 Å². The van der Waals surface area contributed by atoms with Crippen LogP contribution >= 0.6 is 11.7 Å². The van der Waals surface area contributed by atoms with Gasteiger partial charge < -0.3 is 0 Å². The monoisotopic (exact) mass is 310 g/mol. The van der Waals surface area contributed by atoms with Crippen molar-refractivity contribution in [3.8, 4) is 12.1 Å². The minimum Gasteiger partial charge on any atom is -0.197 e. The lowest BCUT2D eigenvalue weighted by Gasteiger charge is -2.19. The minimum absolute atomic E-state index is 0.0659. The molecule has 0 N–H and O–H groups in total. The topological polar surface area (TPSA) is 73.4 Å². The molecule has 0 bridgehead atoms. The molecule has 0 amide bonds. The van der Waals surface area contributed by atoms with E-state index in [1.54, 1.807) is 30.3 Å². The van der Waals surface area contributed by atoms with Crippen LogP contribution in [0.4, 0.5) is 13.2 Å². The molecule has 2 aromatic rings. The molecule has 0 aliphatic carbocycles. The maximum Gasteiger partial charge on any atom is 0.389 e. The Labute approximate surface area is 122 Å². The number of hydrogen-bond donors (Lipinski definition) is 0. The number of aromatic nitrogens is 2. The summed E-state index contributed by atoms with van der Waals surface area (Å²) in [6, 6.07) is 8.45. The molecule has 1 aromatic heterocycles. The lowest BCUT2D eigenvalue weighted by Crippen LogP contribution is -2.23. The highest BCUT2D eigenvalue weighted by Gasteiger charge is 2.37. The van der Waals surface area contributed by atoms with E-state index in [4.69, 9.17) is 10.5 Å². The van der Waals surface area contributed by atoms with Crippen molar-refractivity contribution < 1.29 is 13.2 Å². The van der Waals surface area contributed by atoms with Crippen molar-refractivity contribution in [3.63, 3.8) is 0 Å². The first-order chi connectivity index (χ1) is 9.87. The van der Waals surface area contributed by atoms with Gasteiger partial charge in [0.2, 0.25) is 0 Å². The molecule has 0 atom stereocenters. The second-order valence-corrected chi connectivity index (χ2v) is 5.21. The lowest BCUT2D eigenvalue weighted by molar-refractivity contribution is -0.138. The van der Waals surface area contributed by atoms with Gasteiger partial charge in [-0.2, -0.15) is 32.4 Å². The number of hydrogen-bond acceptors (Lipinski definition) is 5. The molecule has 4 nitrogen and oxygen atoms in total. The summed E-state index contributed by atoms with van der Waals surface area (Å²) in [4.78, 5) is 0. The predicted molar refractivity (Wildman–Crippen MR) is 70.1 cm³/mol. The molecule has 8 heteroatoms. The first kappa shape index (κ1) is 15.2. The van der Waals surface area contributed by atoms with Crippen molar-refractivity contribution in [2.45, 2.75) is 25.4 Å². The average Bonchev–Trinajstić information content (AvgIpc) is 2.90. The van der Waals surface area contributed by atoms with Gasteiger partial charge in [0.25, 0.3) is 0 Å². The smallest absolute Gasteiger partial charge is 0.197 e.